The molecule has 0 spiro atoms. The fourth-order valence-electron chi connectivity index (χ4n) is 3.04. The molecular formula is C16H18N4O4S. The third kappa shape index (κ3) is 3.24. The Hall–Kier alpha value is -2.39. The summed E-state index contributed by atoms with van der Waals surface area (Å²) in [4.78, 5) is 15.9. The second kappa shape index (κ2) is 6.16. The third-order valence-electron chi connectivity index (χ3n) is 4.30. The SMILES string of the molecule is O=C1COc2ccc(S(=O)(=O)NCc3cn4c(n3)CCCC4)cc2N1. The van der Waals surface area contributed by atoms with Gasteiger partial charge < -0.3 is 14.6 Å². The number of carbonyl (C=O) groups is 1. The second-order valence-electron chi connectivity index (χ2n) is 6.12. The quantitative estimate of drug-likeness (QED) is 0.846. The molecule has 0 bridgehead atoms. The summed E-state index contributed by atoms with van der Waals surface area (Å²) in [5.74, 6) is 1.16. The fraction of sp³-hybridized carbons (Fsp3) is 0.375. The number of imidazole rings is 1. The van der Waals surface area contributed by atoms with Crippen LogP contribution in [0.3, 0.4) is 0 Å². The number of ether oxygens (including phenoxy) is 1. The molecular weight excluding hydrogens is 344 g/mol. The van der Waals surface area contributed by atoms with Crippen LogP contribution in [0.1, 0.15) is 24.4 Å². The Labute approximate surface area is 145 Å². The number of aryl methyl sites for hydroxylation is 2. The summed E-state index contributed by atoms with van der Waals surface area (Å²) in [6, 6.07) is 4.39. The molecule has 25 heavy (non-hydrogen) atoms. The third-order valence-corrected chi connectivity index (χ3v) is 5.69. The Bertz CT molecular complexity index is 912. The number of nitrogens with one attached hydrogen (secondary N) is 2. The van der Waals surface area contributed by atoms with Gasteiger partial charge in [0.05, 0.1) is 22.8 Å². The van der Waals surface area contributed by atoms with Crippen molar-refractivity contribution in [2.45, 2.75) is 37.2 Å². The molecule has 3 heterocycles. The second-order valence-corrected chi connectivity index (χ2v) is 7.89. The van der Waals surface area contributed by atoms with Crippen LogP contribution in [0.25, 0.3) is 0 Å². The van der Waals surface area contributed by atoms with Gasteiger partial charge in [0.1, 0.15) is 11.6 Å². The highest BCUT2D eigenvalue weighted by atomic mass is 32.2. The highest BCUT2D eigenvalue weighted by Crippen LogP contribution is 2.30. The summed E-state index contributed by atoms with van der Waals surface area (Å²) in [6.45, 7) is 0.990. The highest BCUT2D eigenvalue weighted by molar-refractivity contribution is 7.89. The first-order valence-corrected chi connectivity index (χ1v) is 9.61. The van der Waals surface area contributed by atoms with Gasteiger partial charge in [-0.25, -0.2) is 18.1 Å². The Kier molecular flexibility index (Phi) is 3.97. The van der Waals surface area contributed by atoms with Gasteiger partial charge in [0.25, 0.3) is 5.91 Å². The molecule has 0 radical (unpaired) electrons. The van der Waals surface area contributed by atoms with Crippen molar-refractivity contribution in [1.82, 2.24) is 14.3 Å². The van der Waals surface area contributed by atoms with Crippen LogP contribution in [0.4, 0.5) is 5.69 Å². The zero-order valence-corrected chi connectivity index (χ0v) is 14.3. The van der Waals surface area contributed by atoms with Gasteiger partial charge in [0.15, 0.2) is 6.61 Å². The predicted octanol–water partition coefficient (Wildman–Crippen LogP) is 1.03. The number of aromatic nitrogens is 2. The summed E-state index contributed by atoms with van der Waals surface area (Å²) in [7, 11) is -3.72. The van der Waals surface area contributed by atoms with Crippen LogP contribution >= 0.6 is 0 Å². The predicted molar refractivity (Wildman–Crippen MR) is 89.8 cm³/mol. The molecule has 0 atom stereocenters. The van der Waals surface area contributed by atoms with Crippen molar-refractivity contribution in [2.24, 2.45) is 0 Å². The maximum absolute atomic E-state index is 12.5. The summed E-state index contributed by atoms with van der Waals surface area (Å²) >= 11 is 0. The van der Waals surface area contributed by atoms with Gasteiger partial charge in [-0.15, -0.1) is 0 Å². The number of hydrogen-bond acceptors (Lipinski definition) is 5. The van der Waals surface area contributed by atoms with Crippen LogP contribution < -0.4 is 14.8 Å². The van der Waals surface area contributed by atoms with E-state index in [0.717, 1.165) is 31.6 Å². The number of sulfonamides is 1. The first kappa shape index (κ1) is 16.1. The number of fused-ring (bicyclic) bond motifs is 2. The van der Waals surface area contributed by atoms with E-state index in [1.807, 2.05) is 6.20 Å². The topological polar surface area (TPSA) is 102 Å². The van der Waals surface area contributed by atoms with Crippen LogP contribution in [0.5, 0.6) is 5.75 Å². The average Bonchev–Trinajstić information content (AvgIpc) is 3.02. The lowest BCUT2D eigenvalue weighted by Crippen LogP contribution is -2.27. The Morgan fingerprint density at radius 3 is 3.04 bits per heavy atom. The zero-order chi connectivity index (χ0) is 17.4. The zero-order valence-electron chi connectivity index (χ0n) is 13.5. The number of benzene rings is 1. The molecule has 1 aromatic carbocycles. The van der Waals surface area contributed by atoms with E-state index >= 15 is 0 Å². The first-order chi connectivity index (χ1) is 12.0. The van der Waals surface area contributed by atoms with E-state index in [1.54, 1.807) is 6.07 Å². The minimum absolute atomic E-state index is 0.0671. The molecule has 4 rings (SSSR count). The minimum Gasteiger partial charge on any atom is -0.482 e. The summed E-state index contributed by atoms with van der Waals surface area (Å²) in [6.07, 6.45) is 5.07. The minimum atomic E-state index is -3.72. The maximum Gasteiger partial charge on any atom is 0.262 e. The standard InChI is InChI=1S/C16H18N4O4S/c21-16-10-24-14-5-4-12(7-13(14)19-16)25(22,23)17-8-11-9-20-6-2-1-3-15(20)18-11/h4-5,7,9,17H,1-3,6,8,10H2,(H,19,21). The largest absolute Gasteiger partial charge is 0.482 e. The molecule has 2 N–H and O–H groups in total. The van der Waals surface area contributed by atoms with Gasteiger partial charge in [0.2, 0.25) is 10.0 Å². The van der Waals surface area contributed by atoms with Crippen molar-refractivity contribution in [2.75, 3.05) is 11.9 Å². The fourth-order valence-corrected chi connectivity index (χ4v) is 4.06. The molecule has 8 nitrogen and oxygen atoms in total. The molecule has 2 aromatic rings. The molecule has 2 aliphatic rings. The summed E-state index contributed by atoms with van der Waals surface area (Å²) in [5, 5.41) is 2.61. The van der Waals surface area contributed by atoms with E-state index < -0.39 is 10.0 Å². The van der Waals surface area contributed by atoms with Crippen molar-refractivity contribution in [3.8, 4) is 5.75 Å². The number of carbonyl (C=O) groups excluding carboxylic acids is 1. The summed E-state index contributed by atoms with van der Waals surface area (Å²) in [5.41, 5.74) is 1.06. The lowest BCUT2D eigenvalue weighted by atomic mass is 10.2. The summed E-state index contributed by atoms with van der Waals surface area (Å²) < 4.78 is 34.9. The van der Waals surface area contributed by atoms with Crippen LogP contribution in [0, 0.1) is 0 Å². The Morgan fingerprint density at radius 1 is 1.32 bits per heavy atom. The number of anilines is 1. The number of amides is 1. The lowest BCUT2D eigenvalue weighted by molar-refractivity contribution is -0.118. The number of nitrogens with zero attached hydrogens (tertiary/aromatic N) is 2. The van der Waals surface area contributed by atoms with Crippen molar-refractivity contribution < 1.29 is 17.9 Å². The van der Waals surface area contributed by atoms with Crippen LogP contribution in [0.2, 0.25) is 0 Å². The smallest absolute Gasteiger partial charge is 0.262 e. The first-order valence-electron chi connectivity index (χ1n) is 8.12. The Balaban J connectivity index is 1.51. The van der Waals surface area contributed by atoms with Gasteiger partial charge in [0, 0.05) is 19.2 Å². The monoisotopic (exact) mass is 362 g/mol. The van der Waals surface area contributed by atoms with Gasteiger partial charge >= 0.3 is 0 Å². The molecule has 0 unspecified atom stereocenters. The van der Waals surface area contributed by atoms with Gasteiger partial charge in [-0.1, -0.05) is 0 Å². The van der Waals surface area contributed by atoms with Crippen molar-refractivity contribution in [3.63, 3.8) is 0 Å². The van der Waals surface area contributed by atoms with Gasteiger partial charge in [-0.05, 0) is 31.0 Å². The van der Waals surface area contributed by atoms with Crippen LogP contribution in [0.15, 0.2) is 29.3 Å². The molecule has 1 amide bonds. The lowest BCUT2D eigenvalue weighted by Gasteiger charge is -2.18. The highest BCUT2D eigenvalue weighted by Gasteiger charge is 2.21. The Morgan fingerprint density at radius 2 is 2.20 bits per heavy atom. The normalized spacial score (nSPS) is 16.6. The van der Waals surface area contributed by atoms with E-state index in [4.69, 9.17) is 4.74 Å². The van der Waals surface area contributed by atoms with Crippen molar-refractivity contribution >= 4 is 21.6 Å². The molecule has 0 saturated carbocycles. The van der Waals surface area contributed by atoms with E-state index in [1.165, 1.54) is 12.1 Å². The number of rotatable bonds is 4. The van der Waals surface area contributed by atoms with E-state index in [-0.39, 0.29) is 24.0 Å². The van der Waals surface area contributed by atoms with E-state index in [0.29, 0.717) is 17.1 Å². The van der Waals surface area contributed by atoms with Gasteiger partial charge in [-0.3, -0.25) is 4.79 Å². The van der Waals surface area contributed by atoms with Crippen LogP contribution in [-0.2, 0) is 34.3 Å². The van der Waals surface area contributed by atoms with Gasteiger partial charge in [-0.2, -0.15) is 0 Å². The molecule has 0 aliphatic carbocycles. The van der Waals surface area contributed by atoms with E-state index in [9.17, 15) is 13.2 Å². The molecule has 0 saturated heterocycles. The van der Waals surface area contributed by atoms with Crippen molar-refractivity contribution in [1.29, 1.82) is 0 Å². The van der Waals surface area contributed by atoms with E-state index in [2.05, 4.69) is 19.6 Å². The average molecular weight is 362 g/mol. The van der Waals surface area contributed by atoms with Crippen molar-refractivity contribution in [3.05, 3.63) is 35.9 Å². The molecule has 132 valence electrons. The molecule has 0 fully saturated rings. The van der Waals surface area contributed by atoms with Crippen LogP contribution in [-0.4, -0.2) is 30.5 Å². The molecule has 1 aromatic heterocycles. The molecule has 2 aliphatic heterocycles. The molecule has 9 heteroatoms. The number of hydrogen-bond donors (Lipinski definition) is 2. The maximum atomic E-state index is 12.5.